The van der Waals surface area contributed by atoms with Crippen molar-refractivity contribution >= 4 is 5.97 Å². The number of carboxylic acid groups (broad SMARTS) is 1. The number of hydrogen-bond acceptors (Lipinski definition) is 4. The molecule has 0 aliphatic carbocycles. The van der Waals surface area contributed by atoms with E-state index in [0.717, 1.165) is 19.3 Å². The van der Waals surface area contributed by atoms with Gasteiger partial charge in [0.25, 0.3) is 0 Å². The van der Waals surface area contributed by atoms with Crippen LogP contribution in [0.25, 0.3) is 0 Å². The lowest BCUT2D eigenvalue weighted by Gasteiger charge is -2.30. The van der Waals surface area contributed by atoms with Gasteiger partial charge in [0, 0.05) is 6.04 Å². The SMILES string of the molecule is CCCCCC(C(=O)O)N(N)C(CC)CO. The van der Waals surface area contributed by atoms with Crippen molar-refractivity contribution in [3.05, 3.63) is 0 Å². The van der Waals surface area contributed by atoms with E-state index in [2.05, 4.69) is 6.92 Å². The van der Waals surface area contributed by atoms with Gasteiger partial charge in [0.05, 0.1) is 6.61 Å². The van der Waals surface area contributed by atoms with Crippen LogP contribution in [0.3, 0.4) is 0 Å². The van der Waals surface area contributed by atoms with E-state index in [1.165, 1.54) is 5.01 Å². The van der Waals surface area contributed by atoms with Crippen LogP contribution < -0.4 is 5.84 Å². The molecule has 0 saturated heterocycles. The Morgan fingerprint density at radius 1 is 1.38 bits per heavy atom. The summed E-state index contributed by atoms with van der Waals surface area (Å²) in [7, 11) is 0. The largest absolute Gasteiger partial charge is 0.480 e. The molecule has 96 valence electrons. The van der Waals surface area contributed by atoms with Gasteiger partial charge >= 0.3 is 5.97 Å². The van der Waals surface area contributed by atoms with Crippen LogP contribution in [0.15, 0.2) is 0 Å². The van der Waals surface area contributed by atoms with Gasteiger partial charge in [0.1, 0.15) is 6.04 Å². The Bertz CT molecular complexity index is 196. The highest BCUT2D eigenvalue weighted by Gasteiger charge is 2.27. The average molecular weight is 232 g/mol. The van der Waals surface area contributed by atoms with E-state index in [0.29, 0.717) is 12.8 Å². The lowest BCUT2D eigenvalue weighted by atomic mass is 10.1. The van der Waals surface area contributed by atoms with Gasteiger partial charge in [-0.2, -0.15) is 0 Å². The quantitative estimate of drug-likeness (QED) is 0.313. The average Bonchev–Trinajstić information content (AvgIpc) is 2.25. The molecule has 0 aliphatic rings. The molecule has 0 rings (SSSR count). The number of aliphatic hydroxyl groups excluding tert-OH is 1. The summed E-state index contributed by atoms with van der Waals surface area (Å²) in [4.78, 5) is 11.1. The maximum Gasteiger partial charge on any atom is 0.322 e. The molecule has 0 amide bonds. The minimum atomic E-state index is -0.912. The Hall–Kier alpha value is -0.650. The van der Waals surface area contributed by atoms with Gasteiger partial charge < -0.3 is 10.2 Å². The van der Waals surface area contributed by atoms with Crippen molar-refractivity contribution in [1.82, 2.24) is 5.01 Å². The zero-order chi connectivity index (χ0) is 12.6. The predicted octanol–water partition coefficient (Wildman–Crippen LogP) is 0.966. The molecule has 0 radical (unpaired) electrons. The first kappa shape index (κ1) is 15.3. The number of hydrogen-bond donors (Lipinski definition) is 3. The number of carbonyl (C=O) groups is 1. The van der Waals surface area contributed by atoms with E-state index >= 15 is 0 Å². The molecule has 2 unspecified atom stereocenters. The van der Waals surface area contributed by atoms with Crippen LogP contribution in [-0.2, 0) is 4.79 Å². The van der Waals surface area contributed by atoms with Gasteiger partial charge in [-0.3, -0.25) is 10.6 Å². The predicted molar refractivity (Wildman–Crippen MR) is 62.8 cm³/mol. The van der Waals surface area contributed by atoms with Crippen LogP contribution in [0.1, 0.15) is 46.0 Å². The summed E-state index contributed by atoms with van der Waals surface area (Å²) in [5.41, 5.74) is 0. The smallest absolute Gasteiger partial charge is 0.322 e. The second-order valence-corrected chi connectivity index (χ2v) is 4.04. The van der Waals surface area contributed by atoms with Gasteiger partial charge in [0.2, 0.25) is 0 Å². The molecular formula is C11H24N2O3. The van der Waals surface area contributed by atoms with Gasteiger partial charge in [-0.15, -0.1) is 0 Å². The zero-order valence-electron chi connectivity index (χ0n) is 10.2. The molecule has 0 heterocycles. The van der Waals surface area contributed by atoms with E-state index < -0.39 is 12.0 Å². The van der Waals surface area contributed by atoms with Gasteiger partial charge in [-0.05, 0) is 12.8 Å². The molecule has 2 atom stereocenters. The maximum absolute atomic E-state index is 11.1. The van der Waals surface area contributed by atoms with Gasteiger partial charge in [-0.25, -0.2) is 5.01 Å². The summed E-state index contributed by atoms with van der Waals surface area (Å²) in [5.74, 6) is 4.85. The Balaban J connectivity index is 4.33. The summed E-state index contributed by atoms with van der Waals surface area (Å²) in [6, 6.07) is -0.966. The standard InChI is InChI=1S/C11H24N2O3/c1-3-5-6-7-10(11(15)16)13(12)9(4-2)8-14/h9-10,14H,3-8,12H2,1-2H3,(H,15,16). The second kappa shape index (κ2) is 8.50. The second-order valence-electron chi connectivity index (χ2n) is 4.04. The Morgan fingerprint density at radius 3 is 2.38 bits per heavy atom. The molecular weight excluding hydrogens is 208 g/mol. The van der Waals surface area contributed by atoms with Crippen molar-refractivity contribution < 1.29 is 15.0 Å². The first-order valence-electron chi connectivity index (χ1n) is 5.95. The normalized spacial score (nSPS) is 15.1. The fourth-order valence-electron chi connectivity index (χ4n) is 1.68. The highest BCUT2D eigenvalue weighted by atomic mass is 16.4. The highest BCUT2D eigenvalue weighted by Crippen LogP contribution is 2.12. The van der Waals surface area contributed by atoms with Crippen molar-refractivity contribution in [2.75, 3.05) is 6.61 Å². The third kappa shape index (κ3) is 4.92. The highest BCUT2D eigenvalue weighted by molar-refractivity contribution is 5.73. The summed E-state index contributed by atoms with van der Waals surface area (Å²) < 4.78 is 0. The lowest BCUT2D eigenvalue weighted by molar-refractivity contribution is -0.145. The first-order valence-corrected chi connectivity index (χ1v) is 5.95. The molecule has 5 nitrogen and oxygen atoms in total. The van der Waals surface area contributed by atoms with Crippen molar-refractivity contribution in [3.8, 4) is 0 Å². The summed E-state index contributed by atoms with van der Waals surface area (Å²) in [6.45, 7) is 3.84. The molecule has 5 heteroatoms. The fraction of sp³-hybridized carbons (Fsp3) is 0.909. The van der Waals surface area contributed by atoms with Crippen LogP contribution in [0, 0.1) is 0 Å². The molecule has 0 aliphatic heterocycles. The number of nitrogens with zero attached hydrogens (tertiary/aromatic N) is 1. The summed E-state index contributed by atoms with van der Waals surface area (Å²) in [5, 5.41) is 19.5. The van der Waals surface area contributed by atoms with Gasteiger partial charge in [0.15, 0.2) is 0 Å². The van der Waals surface area contributed by atoms with E-state index in [9.17, 15) is 4.79 Å². The Kier molecular flexibility index (Phi) is 8.15. The monoisotopic (exact) mass is 232 g/mol. The summed E-state index contributed by atoms with van der Waals surface area (Å²) >= 11 is 0. The number of hydrazine groups is 1. The number of unbranched alkanes of at least 4 members (excludes halogenated alkanes) is 2. The number of aliphatic hydroxyl groups is 1. The molecule has 0 fully saturated rings. The molecule has 0 aromatic rings. The van der Waals surface area contributed by atoms with Crippen LogP contribution >= 0.6 is 0 Å². The van der Waals surface area contributed by atoms with Crippen molar-refractivity contribution in [3.63, 3.8) is 0 Å². The van der Waals surface area contributed by atoms with Crippen LogP contribution in [0.2, 0.25) is 0 Å². The minimum absolute atomic E-state index is 0.107. The van der Waals surface area contributed by atoms with Crippen molar-refractivity contribution in [1.29, 1.82) is 0 Å². The number of aliphatic carboxylic acids is 1. The third-order valence-corrected chi connectivity index (χ3v) is 2.83. The van der Waals surface area contributed by atoms with Crippen LogP contribution in [0.4, 0.5) is 0 Å². The van der Waals surface area contributed by atoms with Crippen LogP contribution in [0.5, 0.6) is 0 Å². The van der Waals surface area contributed by atoms with Crippen molar-refractivity contribution in [2.45, 2.75) is 58.0 Å². The van der Waals surface area contributed by atoms with Crippen LogP contribution in [-0.4, -0.2) is 39.9 Å². The first-order chi connectivity index (χ1) is 7.58. The number of rotatable bonds is 9. The van der Waals surface area contributed by atoms with E-state index in [-0.39, 0.29) is 12.6 Å². The molecule has 0 spiro atoms. The topological polar surface area (TPSA) is 86.8 Å². The molecule has 16 heavy (non-hydrogen) atoms. The summed E-state index contributed by atoms with van der Waals surface area (Å²) in [6.07, 6.45) is 4.09. The molecule has 0 saturated carbocycles. The fourth-order valence-corrected chi connectivity index (χ4v) is 1.68. The molecule has 0 aromatic heterocycles. The molecule has 0 aromatic carbocycles. The van der Waals surface area contributed by atoms with Gasteiger partial charge in [-0.1, -0.05) is 33.1 Å². The molecule has 0 bridgehead atoms. The Labute approximate surface area is 97.2 Å². The van der Waals surface area contributed by atoms with Crippen molar-refractivity contribution in [2.24, 2.45) is 5.84 Å². The number of nitrogens with two attached hydrogens (primary N) is 1. The van der Waals surface area contributed by atoms with E-state index in [4.69, 9.17) is 16.1 Å². The maximum atomic E-state index is 11.1. The number of carboxylic acids is 1. The Morgan fingerprint density at radius 2 is 2.00 bits per heavy atom. The van der Waals surface area contributed by atoms with E-state index in [1.807, 2.05) is 6.92 Å². The minimum Gasteiger partial charge on any atom is -0.480 e. The lowest BCUT2D eigenvalue weighted by Crippen LogP contribution is -2.53. The third-order valence-electron chi connectivity index (χ3n) is 2.83. The van der Waals surface area contributed by atoms with E-state index in [1.54, 1.807) is 0 Å². The molecule has 4 N–H and O–H groups in total. The zero-order valence-corrected chi connectivity index (χ0v) is 10.2.